The third-order valence-corrected chi connectivity index (χ3v) is 4.85. The van der Waals surface area contributed by atoms with Gasteiger partial charge in [0.25, 0.3) is 0 Å². The molecule has 2 rings (SSSR count). The number of carbonyl (C=O) groups is 1. The van der Waals surface area contributed by atoms with Crippen LogP contribution in [0, 0.1) is 11.8 Å². The summed E-state index contributed by atoms with van der Waals surface area (Å²) in [4.78, 5) is 14.6. The van der Waals surface area contributed by atoms with E-state index in [0.717, 1.165) is 25.3 Å². The topological polar surface area (TPSA) is 32.3 Å². The molecule has 2 aliphatic rings. The SMILES string of the molecule is CC1CCC(N(C)C(=O)[C@H]2CCN[C@@H](C)C2)CC1.Cl. The van der Waals surface area contributed by atoms with E-state index in [0.29, 0.717) is 18.0 Å². The van der Waals surface area contributed by atoms with Crippen LogP contribution in [0.15, 0.2) is 0 Å². The van der Waals surface area contributed by atoms with Gasteiger partial charge < -0.3 is 10.2 Å². The van der Waals surface area contributed by atoms with Crippen molar-refractivity contribution in [3.63, 3.8) is 0 Å². The summed E-state index contributed by atoms with van der Waals surface area (Å²) in [5.74, 6) is 1.50. The van der Waals surface area contributed by atoms with E-state index in [1.165, 1.54) is 25.7 Å². The summed E-state index contributed by atoms with van der Waals surface area (Å²) in [6, 6.07) is 0.992. The molecule has 1 saturated heterocycles. The molecule has 1 saturated carbocycles. The summed E-state index contributed by atoms with van der Waals surface area (Å²) in [6.45, 7) is 5.50. The lowest BCUT2D eigenvalue weighted by Gasteiger charge is -2.37. The third kappa shape index (κ3) is 4.35. The van der Waals surface area contributed by atoms with Crippen molar-refractivity contribution in [1.82, 2.24) is 10.2 Å². The van der Waals surface area contributed by atoms with Crippen LogP contribution in [-0.4, -0.2) is 36.5 Å². The second kappa shape index (κ2) is 7.49. The van der Waals surface area contributed by atoms with E-state index in [2.05, 4.69) is 24.1 Å². The zero-order chi connectivity index (χ0) is 13.1. The Morgan fingerprint density at radius 2 is 1.74 bits per heavy atom. The van der Waals surface area contributed by atoms with E-state index in [9.17, 15) is 4.79 Å². The van der Waals surface area contributed by atoms with E-state index in [1.54, 1.807) is 0 Å². The summed E-state index contributed by atoms with van der Waals surface area (Å²) in [7, 11) is 2.02. The summed E-state index contributed by atoms with van der Waals surface area (Å²) in [6.07, 6.45) is 6.98. The van der Waals surface area contributed by atoms with Crippen LogP contribution >= 0.6 is 12.4 Å². The molecule has 2 fully saturated rings. The van der Waals surface area contributed by atoms with Crippen LogP contribution in [0.25, 0.3) is 0 Å². The lowest BCUT2D eigenvalue weighted by atomic mass is 9.85. The van der Waals surface area contributed by atoms with Gasteiger partial charge in [-0.25, -0.2) is 0 Å². The van der Waals surface area contributed by atoms with Gasteiger partial charge in [-0.1, -0.05) is 6.92 Å². The van der Waals surface area contributed by atoms with Gasteiger partial charge in [0.05, 0.1) is 0 Å². The number of hydrogen-bond acceptors (Lipinski definition) is 2. The van der Waals surface area contributed by atoms with Gasteiger partial charge in [0.15, 0.2) is 0 Å². The first kappa shape index (κ1) is 16.8. The number of piperidine rings is 1. The molecule has 3 nitrogen and oxygen atoms in total. The molecule has 0 radical (unpaired) electrons. The molecule has 0 bridgehead atoms. The third-order valence-electron chi connectivity index (χ3n) is 4.85. The Labute approximate surface area is 123 Å². The van der Waals surface area contributed by atoms with E-state index in [1.807, 2.05) is 7.05 Å². The normalized spacial score (nSPS) is 35.3. The first-order chi connectivity index (χ1) is 8.58. The van der Waals surface area contributed by atoms with Crippen LogP contribution in [0.5, 0.6) is 0 Å². The minimum absolute atomic E-state index is 0. The van der Waals surface area contributed by atoms with Crippen molar-refractivity contribution < 1.29 is 4.79 Å². The van der Waals surface area contributed by atoms with Crippen LogP contribution < -0.4 is 5.32 Å². The molecule has 0 unspecified atom stereocenters. The highest BCUT2D eigenvalue weighted by atomic mass is 35.5. The number of halogens is 1. The maximum absolute atomic E-state index is 12.5. The first-order valence-corrected chi connectivity index (χ1v) is 7.58. The molecule has 112 valence electrons. The lowest BCUT2D eigenvalue weighted by Crippen LogP contribution is -2.46. The van der Waals surface area contributed by atoms with Crippen molar-refractivity contribution in [3.8, 4) is 0 Å². The Morgan fingerprint density at radius 3 is 2.32 bits per heavy atom. The average molecular weight is 289 g/mol. The molecule has 19 heavy (non-hydrogen) atoms. The van der Waals surface area contributed by atoms with Gasteiger partial charge in [-0.15, -0.1) is 12.4 Å². The molecule has 1 N–H and O–H groups in total. The first-order valence-electron chi connectivity index (χ1n) is 7.58. The molecule has 0 aromatic carbocycles. The maximum Gasteiger partial charge on any atom is 0.225 e. The van der Waals surface area contributed by atoms with Gasteiger partial charge in [-0.05, 0) is 57.9 Å². The molecule has 4 heteroatoms. The predicted octanol–water partition coefficient (Wildman–Crippen LogP) is 2.83. The lowest BCUT2D eigenvalue weighted by molar-refractivity contribution is -0.138. The molecule has 0 aromatic rings. The van der Waals surface area contributed by atoms with Crippen molar-refractivity contribution in [2.24, 2.45) is 11.8 Å². The van der Waals surface area contributed by atoms with E-state index >= 15 is 0 Å². The molecule has 1 aliphatic carbocycles. The molecule has 2 atom stereocenters. The number of hydrogen-bond donors (Lipinski definition) is 1. The van der Waals surface area contributed by atoms with Crippen molar-refractivity contribution in [1.29, 1.82) is 0 Å². The van der Waals surface area contributed by atoms with Crippen LogP contribution in [0.2, 0.25) is 0 Å². The zero-order valence-corrected chi connectivity index (χ0v) is 13.3. The van der Waals surface area contributed by atoms with Gasteiger partial charge in [0.1, 0.15) is 0 Å². The summed E-state index contributed by atoms with van der Waals surface area (Å²) in [5.41, 5.74) is 0. The van der Waals surface area contributed by atoms with E-state index in [-0.39, 0.29) is 18.3 Å². The molecule has 1 heterocycles. The standard InChI is InChI=1S/C15H28N2O.ClH/c1-11-4-6-14(7-5-11)17(3)15(18)13-8-9-16-12(2)10-13;/h11-14,16H,4-10H2,1-3H3;1H/t11?,12-,13-,14?;/m0./s1. The quantitative estimate of drug-likeness (QED) is 0.847. The number of nitrogens with zero attached hydrogens (tertiary/aromatic N) is 1. The fourth-order valence-corrected chi connectivity index (χ4v) is 3.45. The second-order valence-corrected chi connectivity index (χ2v) is 6.44. The Kier molecular flexibility index (Phi) is 6.61. The molecular weight excluding hydrogens is 260 g/mol. The summed E-state index contributed by atoms with van der Waals surface area (Å²) >= 11 is 0. The minimum Gasteiger partial charge on any atom is -0.343 e. The predicted molar refractivity (Wildman–Crippen MR) is 81.6 cm³/mol. The number of carbonyl (C=O) groups excluding carboxylic acids is 1. The Balaban J connectivity index is 0.00000180. The van der Waals surface area contributed by atoms with Gasteiger partial charge in [-0.2, -0.15) is 0 Å². The van der Waals surface area contributed by atoms with Gasteiger partial charge >= 0.3 is 0 Å². The zero-order valence-electron chi connectivity index (χ0n) is 12.5. The van der Waals surface area contributed by atoms with Crippen molar-refractivity contribution in [2.75, 3.05) is 13.6 Å². The minimum atomic E-state index is 0. The van der Waals surface area contributed by atoms with Crippen LogP contribution in [0.1, 0.15) is 52.4 Å². The number of nitrogens with one attached hydrogen (secondary N) is 1. The largest absolute Gasteiger partial charge is 0.343 e. The van der Waals surface area contributed by atoms with Crippen LogP contribution in [0.4, 0.5) is 0 Å². The monoisotopic (exact) mass is 288 g/mol. The molecule has 1 amide bonds. The second-order valence-electron chi connectivity index (χ2n) is 6.44. The molecular formula is C15H29ClN2O. The number of rotatable bonds is 2. The highest BCUT2D eigenvalue weighted by Crippen LogP contribution is 2.28. The van der Waals surface area contributed by atoms with Crippen LogP contribution in [-0.2, 0) is 4.79 Å². The van der Waals surface area contributed by atoms with Crippen LogP contribution in [0.3, 0.4) is 0 Å². The molecule has 1 aliphatic heterocycles. The Bertz CT molecular complexity index is 290. The molecule has 0 spiro atoms. The Morgan fingerprint density at radius 1 is 1.11 bits per heavy atom. The van der Waals surface area contributed by atoms with E-state index < -0.39 is 0 Å². The number of amides is 1. The fourth-order valence-electron chi connectivity index (χ4n) is 3.45. The van der Waals surface area contributed by atoms with Crippen molar-refractivity contribution >= 4 is 18.3 Å². The molecule has 0 aromatic heterocycles. The fraction of sp³-hybridized carbons (Fsp3) is 0.933. The maximum atomic E-state index is 12.5. The summed E-state index contributed by atoms with van der Waals surface area (Å²) < 4.78 is 0. The van der Waals surface area contributed by atoms with Gasteiger partial charge in [-0.3, -0.25) is 4.79 Å². The highest BCUT2D eigenvalue weighted by molar-refractivity contribution is 5.85. The summed E-state index contributed by atoms with van der Waals surface area (Å²) in [5, 5.41) is 3.42. The Hall–Kier alpha value is -0.280. The van der Waals surface area contributed by atoms with Gasteiger partial charge in [0.2, 0.25) is 5.91 Å². The highest BCUT2D eigenvalue weighted by Gasteiger charge is 2.31. The van der Waals surface area contributed by atoms with E-state index in [4.69, 9.17) is 0 Å². The van der Waals surface area contributed by atoms with Gasteiger partial charge in [0, 0.05) is 25.0 Å². The van der Waals surface area contributed by atoms with Crippen molar-refractivity contribution in [2.45, 2.75) is 64.5 Å². The van der Waals surface area contributed by atoms with Crippen molar-refractivity contribution in [3.05, 3.63) is 0 Å². The average Bonchev–Trinajstić information content (AvgIpc) is 2.38. The smallest absolute Gasteiger partial charge is 0.225 e.